The summed E-state index contributed by atoms with van der Waals surface area (Å²) in [7, 11) is 1.80. The molecule has 1 aliphatic heterocycles. The summed E-state index contributed by atoms with van der Waals surface area (Å²) in [5, 5.41) is 9.30. The smallest absolute Gasteiger partial charge is 0.258 e. The van der Waals surface area contributed by atoms with E-state index in [1.165, 1.54) is 17.0 Å². The number of halogens is 1. The van der Waals surface area contributed by atoms with Gasteiger partial charge in [0, 0.05) is 25.0 Å². The van der Waals surface area contributed by atoms with Gasteiger partial charge in [0.05, 0.1) is 18.2 Å². The molecular formula is C14H11FN4O. The molecule has 1 aliphatic rings. The van der Waals surface area contributed by atoms with Crippen LogP contribution in [0.5, 0.6) is 0 Å². The van der Waals surface area contributed by atoms with Gasteiger partial charge < -0.3 is 9.47 Å². The fraction of sp³-hybridized carbons (Fsp3) is 0.214. The first-order valence-electron chi connectivity index (χ1n) is 6.08. The Morgan fingerprint density at radius 2 is 2.30 bits per heavy atom. The van der Waals surface area contributed by atoms with Crippen LogP contribution in [0.15, 0.2) is 30.6 Å². The molecule has 3 rings (SSSR count). The van der Waals surface area contributed by atoms with E-state index >= 15 is 0 Å². The van der Waals surface area contributed by atoms with E-state index in [2.05, 4.69) is 11.1 Å². The lowest BCUT2D eigenvalue weighted by atomic mass is 10.1. The molecule has 1 aromatic heterocycles. The molecule has 5 nitrogen and oxygen atoms in total. The van der Waals surface area contributed by atoms with Crippen LogP contribution in [0, 0.1) is 17.1 Å². The van der Waals surface area contributed by atoms with E-state index in [4.69, 9.17) is 0 Å². The van der Waals surface area contributed by atoms with Gasteiger partial charge in [-0.25, -0.2) is 9.37 Å². The van der Waals surface area contributed by atoms with Gasteiger partial charge in [-0.3, -0.25) is 4.79 Å². The first kappa shape index (κ1) is 12.4. The largest absolute Gasteiger partial charge is 0.337 e. The van der Waals surface area contributed by atoms with Crippen molar-refractivity contribution in [1.29, 1.82) is 5.26 Å². The number of fused-ring (bicyclic) bond motifs is 1. The predicted molar refractivity (Wildman–Crippen MR) is 67.8 cm³/mol. The average Bonchev–Trinajstić information content (AvgIpc) is 2.94. The van der Waals surface area contributed by atoms with E-state index in [9.17, 15) is 14.4 Å². The molecule has 0 aliphatic carbocycles. The monoisotopic (exact) mass is 270 g/mol. The average molecular weight is 270 g/mol. The molecule has 1 amide bonds. The number of nitriles is 1. The van der Waals surface area contributed by atoms with Crippen LogP contribution in [0.1, 0.15) is 27.8 Å². The Bertz CT molecular complexity index is 731. The summed E-state index contributed by atoms with van der Waals surface area (Å²) in [4.78, 5) is 17.8. The highest BCUT2D eigenvalue weighted by atomic mass is 19.1. The number of carbonyl (C=O) groups excluding carboxylic acids is 1. The Morgan fingerprint density at radius 1 is 1.50 bits per heavy atom. The molecule has 100 valence electrons. The van der Waals surface area contributed by atoms with Gasteiger partial charge in [-0.2, -0.15) is 5.26 Å². The summed E-state index contributed by atoms with van der Waals surface area (Å²) in [6, 6.07) is 5.64. The Kier molecular flexibility index (Phi) is 2.75. The van der Waals surface area contributed by atoms with Crippen molar-refractivity contribution in [1.82, 2.24) is 14.5 Å². The van der Waals surface area contributed by atoms with E-state index in [0.29, 0.717) is 11.4 Å². The highest BCUT2D eigenvalue weighted by Crippen LogP contribution is 2.35. The first-order valence-corrected chi connectivity index (χ1v) is 6.08. The summed E-state index contributed by atoms with van der Waals surface area (Å²) < 4.78 is 15.6. The Labute approximate surface area is 114 Å². The topological polar surface area (TPSA) is 61.9 Å². The lowest BCUT2D eigenvalue weighted by Gasteiger charge is -2.19. The van der Waals surface area contributed by atoms with Gasteiger partial charge in [-0.1, -0.05) is 12.1 Å². The van der Waals surface area contributed by atoms with Crippen molar-refractivity contribution in [2.75, 3.05) is 0 Å². The van der Waals surface area contributed by atoms with Gasteiger partial charge in [0.25, 0.3) is 5.91 Å². The number of aryl methyl sites for hydroxylation is 1. The number of aromatic nitrogens is 2. The maximum atomic E-state index is 13.8. The first-order chi connectivity index (χ1) is 9.63. The highest BCUT2D eigenvalue weighted by Gasteiger charge is 2.39. The molecule has 0 saturated heterocycles. The summed E-state index contributed by atoms with van der Waals surface area (Å²) >= 11 is 0. The molecule has 2 heterocycles. The second-order valence-electron chi connectivity index (χ2n) is 4.62. The molecule has 6 heteroatoms. The molecule has 0 radical (unpaired) electrons. The third-order valence-corrected chi connectivity index (χ3v) is 3.48. The van der Waals surface area contributed by atoms with Crippen LogP contribution in [-0.2, 0) is 13.6 Å². The summed E-state index contributed by atoms with van der Waals surface area (Å²) in [5.74, 6) is -0.408. The SMILES string of the molecule is Cn1ccnc1CN1C(=O)c2c(F)cccc2C1C#N. The van der Waals surface area contributed by atoms with Crippen molar-refractivity contribution in [3.05, 3.63) is 53.4 Å². The van der Waals surface area contributed by atoms with Crippen molar-refractivity contribution in [3.63, 3.8) is 0 Å². The lowest BCUT2D eigenvalue weighted by molar-refractivity contribution is 0.0735. The van der Waals surface area contributed by atoms with Gasteiger partial charge in [-0.15, -0.1) is 0 Å². The van der Waals surface area contributed by atoms with Crippen LogP contribution in [0.2, 0.25) is 0 Å². The van der Waals surface area contributed by atoms with Crippen molar-refractivity contribution < 1.29 is 9.18 Å². The third-order valence-electron chi connectivity index (χ3n) is 3.48. The number of imidazole rings is 1. The minimum absolute atomic E-state index is 0.00624. The van der Waals surface area contributed by atoms with E-state index in [1.807, 2.05) is 0 Å². The van der Waals surface area contributed by atoms with Crippen LogP contribution in [-0.4, -0.2) is 20.4 Å². The van der Waals surface area contributed by atoms with E-state index in [0.717, 1.165) is 0 Å². The molecule has 0 spiro atoms. The van der Waals surface area contributed by atoms with Crippen LogP contribution in [0.3, 0.4) is 0 Å². The zero-order chi connectivity index (χ0) is 14.3. The molecule has 0 saturated carbocycles. The van der Waals surface area contributed by atoms with E-state index < -0.39 is 17.8 Å². The quantitative estimate of drug-likeness (QED) is 0.835. The minimum Gasteiger partial charge on any atom is -0.337 e. The van der Waals surface area contributed by atoms with Crippen LogP contribution >= 0.6 is 0 Å². The van der Waals surface area contributed by atoms with Crippen LogP contribution in [0.25, 0.3) is 0 Å². The molecule has 0 fully saturated rings. The standard InChI is InChI=1S/C14H11FN4O/c1-18-6-5-17-12(18)8-19-11(7-16)9-3-2-4-10(15)13(9)14(19)20/h2-6,11H,8H2,1H3. The number of nitrogens with zero attached hydrogens (tertiary/aromatic N) is 4. The van der Waals surface area contributed by atoms with Crippen molar-refractivity contribution >= 4 is 5.91 Å². The molecule has 1 atom stereocenters. The Hall–Kier alpha value is -2.68. The maximum Gasteiger partial charge on any atom is 0.258 e. The summed E-state index contributed by atoms with van der Waals surface area (Å²) in [5.41, 5.74) is 0.417. The van der Waals surface area contributed by atoms with Crippen LogP contribution < -0.4 is 0 Å². The van der Waals surface area contributed by atoms with Crippen molar-refractivity contribution in [3.8, 4) is 6.07 Å². The molecule has 0 bridgehead atoms. The molecule has 0 N–H and O–H groups in total. The normalized spacial score (nSPS) is 17.1. The van der Waals surface area contributed by atoms with Gasteiger partial charge in [0.15, 0.2) is 0 Å². The zero-order valence-corrected chi connectivity index (χ0v) is 10.7. The second kappa shape index (κ2) is 4.46. The summed E-state index contributed by atoms with van der Waals surface area (Å²) in [6.07, 6.45) is 3.37. The van der Waals surface area contributed by atoms with Gasteiger partial charge >= 0.3 is 0 Å². The van der Waals surface area contributed by atoms with E-state index in [-0.39, 0.29) is 12.1 Å². The Balaban J connectivity index is 2.02. The maximum absolute atomic E-state index is 13.8. The fourth-order valence-electron chi connectivity index (χ4n) is 2.43. The molecule has 20 heavy (non-hydrogen) atoms. The predicted octanol–water partition coefficient (Wildman–Crippen LogP) is 1.78. The number of amides is 1. The molecule has 1 unspecified atom stereocenters. The number of hydrogen-bond donors (Lipinski definition) is 0. The molecule has 2 aromatic rings. The van der Waals surface area contributed by atoms with Crippen molar-refractivity contribution in [2.24, 2.45) is 7.05 Å². The van der Waals surface area contributed by atoms with Gasteiger partial charge in [0.2, 0.25) is 0 Å². The minimum atomic E-state index is -0.773. The molecule has 1 aromatic carbocycles. The summed E-state index contributed by atoms with van der Waals surface area (Å²) in [6.45, 7) is 0.175. The zero-order valence-electron chi connectivity index (χ0n) is 10.7. The highest BCUT2D eigenvalue weighted by molar-refractivity contribution is 5.99. The fourth-order valence-corrected chi connectivity index (χ4v) is 2.43. The number of rotatable bonds is 2. The number of hydrogen-bond acceptors (Lipinski definition) is 3. The van der Waals surface area contributed by atoms with Crippen LogP contribution in [0.4, 0.5) is 4.39 Å². The van der Waals surface area contributed by atoms with Gasteiger partial charge in [-0.05, 0) is 6.07 Å². The molecular weight excluding hydrogens is 259 g/mol. The number of carbonyl (C=O) groups is 1. The van der Waals surface area contributed by atoms with Gasteiger partial charge in [0.1, 0.15) is 17.7 Å². The third kappa shape index (κ3) is 1.67. The Morgan fingerprint density at radius 3 is 2.95 bits per heavy atom. The van der Waals surface area contributed by atoms with Crippen molar-refractivity contribution in [2.45, 2.75) is 12.6 Å². The van der Waals surface area contributed by atoms with E-state index in [1.54, 1.807) is 30.1 Å². The lowest BCUT2D eigenvalue weighted by Crippen LogP contribution is -2.28. The second-order valence-corrected chi connectivity index (χ2v) is 4.62. The number of benzene rings is 1.